The minimum atomic E-state index is -0.217. The Labute approximate surface area is 89.2 Å². The van der Waals surface area contributed by atoms with E-state index in [1.165, 1.54) is 0 Å². The van der Waals surface area contributed by atoms with E-state index in [9.17, 15) is 4.79 Å². The molecule has 0 fully saturated rings. The number of hydrogen-bond acceptors (Lipinski definition) is 4. The molecule has 0 atom stereocenters. The second-order valence-corrected chi connectivity index (χ2v) is 3.55. The molecule has 0 aromatic carbocycles. The van der Waals surface area contributed by atoms with Crippen molar-refractivity contribution in [3.05, 3.63) is 23.7 Å². The first-order valence-corrected chi connectivity index (χ1v) is 4.85. The van der Waals surface area contributed by atoms with Gasteiger partial charge in [-0.15, -0.1) is 0 Å². The van der Waals surface area contributed by atoms with Crippen molar-refractivity contribution >= 4 is 5.91 Å². The topological polar surface area (TPSA) is 71.5 Å². The molecule has 0 aliphatic heterocycles. The van der Waals surface area contributed by atoms with Crippen LogP contribution < -0.4 is 11.1 Å². The second-order valence-electron chi connectivity index (χ2n) is 3.55. The summed E-state index contributed by atoms with van der Waals surface area (Å²) < 4.78 is 5.36. The van der Waals surface area contributed by atoms with E-state index in [0.29, 0.717) is 25.4 Å². The van der Waals surface area contributed by atoms with Crippen LogP contribution in [0.3, 0.4) is 0 Å². The number of carbonyl (C=O) groups is 1. The van der Waals surface area contributed by atoms with Crippen LogP contribution in [0.2, 0.25) is 0 Å². The average Bonchev–Trinajstić information content (AvgIpc) is 2.61. The number of rotatable bonds is 5. The fourth-order valence-electron chi connectivity index (χ4n) is 1.17. The van der Waals surface area contributed by atoms with Crippen LogP contribution in [-0.4, -0.2) is 38.0 Å². The fourth-order valence-corrected chi connectivity index (χ4v) is 1.17. The smallest absolute Gasteiger partial charge is 0.287 e. The van der Waals surface area contributed by atoms with Gasteiger partial charge in [-0.3, -0.25) is 4.79 Å². The molecule has 1 heterocycles. The first-order chi connectivity index (χ1) is 7.13. The van der Waals surface area contributed by atoms with Crippen molar-refractivity contribution < 1.29 is 9.21 Å². The van der Waals surface area contributed by atoms with Crippen LogP contribution in [-0.2, 0) is 6.54 Å². The van der Waals surface area contributed by atoms with Gasteiger partial charge in [0, 0.05) is 13.1 Å². The first kappa shape index (κ1) is 11.7. The van der Waals surface area contributed by atoms with Gasteiger partial charge in [0.25, 0.3) is 5.91 Å². The van der Waals surface area contributed by atoms with Gasteiger partial charge in [-0.2, -0.15) is 0 Å². The molecule has 1 rings (SSSR count). The summed E-state index contributed by atoms with van der Waals surface area (Å²) in [4.78, 5) is 13.4. The molecule has 0 unspecified atom stereocenters. The van der Waals surface area contributed by atoms with E-state index in [-0.39, 0.29) is 5.91 Å². The summed E-state index contributed by atoms with van der Waals surface area (Å²) in [6.07, 6.45) is 0. The molecular weight excluding hydrogens is 194 g/mol. The average molecular weight is 211 g/mol. The molecule has 5 nitrogen and oxygen atoms in total. The summed E-state index contributed by atoms with van der Waals surface area (Å²) in [5.41, 5.74) is 5.27. The highest BCUT2D eigenvalue weighted by Crippen LogP contribution is 2.08. The van der Waals surface area contributed by atoms with Crippen molar-refractivity contribution in [3.63, 3.8) is 0 Å². The van der Waals surface area contributed by atoms with E-state index < -0.39 is 0 Å². The Hall–Kier alpha value is -1.33. The largest absolute Gasteiger partial charge is 0.455 e. The van der Waals surface area contributed by atoms with Crippen LogP contribution in [0, 0.1) is 0 Å². The SMILES string of the molecule is CN(C)Cc1ccc(C(=O)NCCN)o1. The van der Waals surface area contributed by atoms with Crippen molar-refractivity contribution in [2.24, 2.45) is 5.73 Å². The van der Waals surface area contributed by atoms with Crippen molar-refractivity contribution in [3.8, 4) is 0 Å². The van der Waals surface area contributed by atoms with Crippen LogP contribution in [0.15, 0.2) is 16.5 Å². The number of nitrogens with two attached hydrogens (primary N) is 1. The van der Waals surface area contributed by atoms with Crippen molar-refractivity contribution in [2.45, 2.75) is 6.54 Å². The van der Waals surface area contributed by atoms with Gasteiger partial charge >= 0.3 is 0 Å². The molecule has 84 valence electrons. The molecule has 0 radical (unpaired) electrons. The zero-order valence-corrected chi connectivity index (χ0v) is 9.12. The Kier molecular flexibility index (Phi) is 4.33. The number of carbonyl (C=O) groups excluding carboxylic acids is 1. The van der Waals surface area contributed by atoms with E-state index in [1.807, 2.05) is 19.0 Å². The van der Waals surface area contributed by atoms with Gasteiger partial charge < -0.3 is 20.4 Å². The number of furan rings is 1. The summed E-state index contributed by atoms with van der Waals surface area (Å²) in [5.74, 6) is 0.892. The summed E-state index contributed by atoms with van der Waals surface area (Å²) in [5, 5.41) is 2.64. The molecule has 0 saturated heterocycles. The zero-order valence-electron chi connectivity index (χ0n) is 9.12. The normalized spacial score (nSPS) is 10.7. The summed E-state index contributed by atoms with van der Waals surface area (Å²) in [7, 11) is 3.88. The molecule has 0 aliphatic carbocycles. The predicted molar refractivity (Wildman–Crippen MR) is 57.5 cm³/mol. The summed E-state index contributed by atoms with van der Waals surface area (Å²) >= 11 is 0. The molecule has 1 aromatic rings. The number of nitrogens with zero attached hydrogens (tertiary/aromatic N) is 1. The minimum Gasteiger partial charge on any atom is -0.455 e. The van der Waals surface area contributed by atoms with Gasteiger partial charge in [-0.05, 0) is 26.2 Å². The van der Waals surface area contributed by atoms with Crippen molar-refractivity contribution in [2.75, 3.05) is 27.2 Å². The lowest BCUT2D eigenvalue weighted by Crippen LogP contribution is -2.28. The first-order valence-electron chi connectivity index (χ1n) is 4.85. The van der Waals surface area contributed by atoms with Crippen LogP contribution in [0.5, 0.6) is 0 Å². The van der Waals surface area contributed by atoms with Gasteiger partial charge in [-0.25, -0.2) is 0 Å². The maximum absolute atomic E-state index is 11.4. The maximum Gasteiger partial charge on any atom is 0.287 e. The maximum atomic E-state index is 11.4. The minimum absolute atomic E-state index is 0.217. The quantitative estimate of drug-likeness (QED) is 0.720. The fraction of sp³-hybridized carbons (Fsp3) is 0.500. The highest BCUT2D eigenvalue weighted by atomic mass is 16.4. The molecule has 15 heavy (non-hydrogen) atoms. The predicted octanol–water partition coefficient (Wildman–Crippen LogP) is 0.0297. The molecule has 1 amide bonds. The molecule has 5 heteroatoms. The Morgan fingerprint density at radius 3 is 2.87 bits per heavy atom. The van der Waals surface area contributed by atoms with Gasteiger partial charge in [0.15, 0.2) is 5.76 Å². The molecule has 3 N–H and O–H groups in total. The molecule has 0 aliphatic rings. The van der Waals surface area contributed by atoms with Crippen LogP contribution in [0.1, 0.15) is 16.3 Å². The van der Waals surface area contributed by atoms with Gasteiger partial charge in [0.1, 0.15) is 5.76 Å². The Morgan fingerprint density at radius 1 is 1.53 bits per heavy atom. The third-order valence-corrected chi connectivity index (χ3v) is 1.79. The molecular formula is C10H17N3O2. The molecule has 1 aromatic heterocycles. The van der Waals surface area contributed by atoms with E-state index in [2.05, 4.69) is 5.32 Å². The highest BCUT2D eigenvalue weighted by molar-refractivity contribution is 5.91. The van der Waals surface area contributed by atoms with E-state index >= 15 is 0 Å². The standard InChI is InChI=1S/C10H17N3O2/c1-13(2)7-8-3-4-9(15-8)10(14)12-6-5-11/h3-4H,5-7,11H2,1-2H3,(H,12,14). The molecule has 0 saturated carbocycles. The lowest BCUT2D eigenvalue weighted by Gasteiger charge is -2.05. The number of amides is 1. The van der Waals surface area contributed by atoms with Crippen LogP contribution >= 0.6 is 0 Å². The van der Waals surface area contributed by atoms with E-state index in [0.717, 1.165) is 5.76 Å². The van der Waals surface area contributed by atoms with Crippen molar-refractivity contribution in [1.29, 1.82) is 0 Å². The lowest BCUT2D eigenvalue weighted by atomic mass is 10.4. The second kappa shape index (κ2) is 5.53. The molecule has 0 spiro atoms. The van der Waals surface area contributed by atoms with Crippen LogP contribution in [0.4, 0.5) is 0 Å². The number of hydrogen-bond donors (Lipinski definition) is 2. The Bertz CT molecular complexity index is 320. The van der Waals surface area contributed by atoms with Crippen molar-refractivity contribution in [1.82, 2.24) is 10.2 Å². The molecule has 0 bridgehead atoms. The summed E-state index contributed by atoms with van der Waals surface area (Å²) in [6.45, 7) is 1.57. The highest BCUT2D eigenvalue weighted by Gasteiger charge is 2.10. The van der Waals surface area contributed by atoms with E-state index in [1.54, 1.807) is 12.1 Å². The third kappa shape index (κ3) is 3.73. The number of nitrogens with one attached hydrogen (secondary N) is 1. The van der Waals surface area contributed by atoms with Gasteiger partial charge in [0.05, 0.1) is 6.54 Å². The third-order valence-electron chi connectivity index (χ3n) is 1.79. The monoisotopic (exact) mass is 211 g/mol. The van der Waals surface area contributed by atoms with Gasteiger partial charge in [0.2, 0.25) is 0 Å². The Balaban J connectivity index is 2.55. The van der Waals surface area contributed by atoms with E-state index in [4.69, 9.17) is 10.2 Å². The van der Waals surface area contributed by atoms with Gasteiger partial charge in [-0.1, -0.05) is 0 Å². The zero-order chi connectivity index (χ0) is 11.3. The Morgan fingerprint density at radius 2 is 2.27 bits per heavy atom. The summed E-state index contributed by atoms with van der Waals surface area (Å²) in [6, 6.07) is 3.47. The lowest BCUT2D eigenvalue weighted by molar-refractivity contribution is 0.0924. The van der Waals surface area contributed by atoms with Crippen LogP contribution in [0.25, 0.3) is 0 Å².